The molecule has 4 rings (SSSR count). The summed E-state index contributed by atoms with van der Waals surface area (Å²) in [5.74, 6) is -0.123. The minimum Gasteiger partial charge on any atom is -0.487 e. The summed E-state index contributed by atoms with van der Waals surface area (Å²) in [4.78, 5) is 35.3. The number of esters is 1. The van der Waals surface area contributed by atoms with Gasteiger partial charge in [-0.1, -0.05) is 11.6 Å². The number of anilines is 3. The molecule has 11 heteroatoms. The number of fused-ring (bicyclic) bond motifs is 1. The van der Waals surface area contributed by atoms with Gasteiger partial charge in [-0.15, -0.1) is 0 Å². The Hall–Kier alpha value is -4.72. The van der Waals surface area contributed by atoms with E-state index in [1.54, 1.807) is 36.5 Å². The Morgan fingerprint density at radius 1 is 1.12 bits per heavy atom. The average Bonchev–Trinajstić information content (AvgIpc) is 2.97. The van der Waals surface area contributed by atoms with Gasteiger partial charge >= 0.3 is 5.97 Å². The molecule has 2 aromatic heterocycles. The second kappa shape index (κ2) is 13.8. The van der Waals surface area contributed by atoms with Gasteiger partial charge in [-0.05, 0) is 75.9 Å². The maximum Gasteiger partial charge on any atom is 0.339 e. The third-order valence-electron chi connectivity index (χ3n) is 6.49. The van der Waals surface area contributed by atoms with E-state index in [-0.39, 0.29) is 12.5 Å². The number of aromatic nitrogens is 2. The van der Waals surface area contributed by atoms with E-state index in [2.05, 4.69) is 26.7 Å². The number of amides is 1. The Balaban J connectivity index is 1.57. The second-order valence-corrected chi connectivity index (χ2v) is 10.2. The molecule has 0 aliphatic carbocycles. The van der Waals surface area contributed by atoms with Crippen molar-refractivity contribution in [1.29, 1.82) is 5.26 Å². The number of nitrogens with one attached hydrogen (secondary N) is 2. The number of aryl methyl sites for hydroxylation is 1. The molecule has 0 aliphatic rings. The van der Waals surface area contributed by atoms with Gasteiger partial charge in [0.25, 0.3) is 0 Å². The van der Waals surface area contributed by atoms with Crippen LogP contribution in [0.1, 0.15) is 40.0 Å². The highest BCUT2D eigenvalue weighted by atomic mass is 35.5. The van der Waals surface area contributed by atoms with Gasteiger partial charge in [-0.25, -0.2) is 4.79 Å². The zero-order chi connectivity index (χ0) is 30.2. The van der Waals surface area contributed by atoms with Crippen LogP contribution in [0.2, 0.25) is 5.02 Å². The highest BCUT2D eigenvalue weighted by molar-refractivity contribution is 6.33. The van der Waals surface area contributed by atoms with Gasteiger partial charge in [0.1, 0.15) is 18.4 Å². The topological polar surface area (TPSA) is 129 Å². The normalized spacial score (nSPS) is 10.8. The first-order chi connectivity index (χ1) is 20.2. The summed E-state index contributed by atoms with van der Waals surface area (Å²) in [5.41, 5.74) is 4.28. The largest absolute Gasteiger partial charge is 0.487 e. The summed E-state index contributed by atoms with van der Waals surface area (Å²) in [5, 5.41) is 17.1. The van der Waals surface area contributed by atoms with Gasteiger partial charge in [0, 0.05) is 36.0 Å². The van der Waals surface area contributed by atoms with E-state index in [9.17, 15) is 14.9 Å². The molecule has 4 aromatic rings. The molecular weight excluding hydrogens is 556 g/mol. The predicted molar refractivity (Wildman–Crippen MR) is 162 cm³/mol. The van der Waals surface area contributed by atoms with E-state index in [0.717, 1.165) is 18.5 Å². The molecule has 2 aromatic carbocycles. The van der Waals surface area contributed by atoms with Crippen LogP contribution in [0, 0.1) is 18.3 Å². The number of halogens is 1. The fraction of sp³-hybridized carbons (Fsp3) is 0.258. The standard InChI is InChI=1S/C31H31ClN6O4/c1-19-13-27-23(15-26(19)36-29(39)8-6-12-38(2)3)30(20(16-33)17-35-27)37-25-10-9-21(14-24(25)32)42-18-28-22(31(40)41-4)7-5-11-34-28/h5,7,9-11,13-15,17H,6,8,12,18H2,1-4H3,(H,35,37)(H,36,39). The molecular formula is C31H31ClN6O4. The Bertz CT molecular complexity index is 1670. The van der Waals surface area contributed by atoms with Crippen LogP contribution < -0.4 is 15.4 Å². The van der Waals surface area contributed by atoms with Crippen molar-refractivity contribution in [2.45, 2.75) is 26.4 Å². The van der Waals surface area contributed by atoms with Crippen LogP contribution in [0.3, 0.4) is 0 Å². The van der Waals surface area contributed by atoms with E-state index < -0.39 is 5.97 Å². The number of rotatable bonds is 11. The number of hydrogen-bond acceptors (Lipinski definition) is 9. The number of nitriles is 1. The van der Waals surface area contributed by atoms with Crippen LogP contribution >= 0.6 is 11.6 Å². The predicted octanol–water partition coefficient (Wildman–Crippen LogP) is 5.85. The monoisotopic (exact) mass is 586 g/mol. The number of carbonyl (C=O) groups excluding carboxylic acids is 2. The highest BCUT2D eigenvalue weighted by Gasteiger charge is 2.16. The molecule has 0 radical (unpaired) electrons. The lowest BCUT2D eigenvalue weighted by molar-refractivity contribution is -0.116. The van der Waals surface area contributed by atoms with Crippen LogP contribution in [0.4, 0.5) is 17.1 Å². The van der Waals surface area contributed by atoms with Crippen LogP contribution in [0.5, 0.6) is 5.75 Å². The lowest BCUT2D eigenvalue weighted by atomic mass is 10.0. The van der Waals surface area contributed by atoms with Crippen molar-refractivity contribution in [3.05, 3.63) is 82.3 Å². The number of methoxy groups -OCH3 is 1. The van der Waals surface area contributed by atoms with E-state index in [4.69, 9.17) is 21.1 Å². The molecule has 2 N–H and O–H groups in total. The number of ether oxygens (including phenoxy) is 2. The second-order valence-electron chi connectivity index (χ2n) is 9.84. The average molecular weight is 587 g/mol. The smallest absolute Gasteiger partial charge is 0.339 e. The molecule has 0 saturated heterocycles. The molecule has 0 spiro atoms. The van der Waals surface area contributed by atoms with Gasteiger partial charge in [-0.2, -0.15) is 5.26 Å². The zero-order valence-corrected chi connectivity index (χ0v) is 24.6. The van der Waals surface area contributed by atoms with Gasteiger partial charge in [0.2, 0.25) is 5.91 Å². The molecule has 0 atom stereocenters. The fourth-order valence-electron chi connectivity index (χ4n) is 4.29. The Morgan fingerprint density at radius 2 is 1.93 bits per heavy atom. The molecule has 10 nitrogen and oxygen atoms in total. The van der Waals surface area contributed by atoms with E-state index in [1.165, 1.54) is 13.3 Å². The zero-order valence-electron chi connectivity index (χ0n) is 23.8. The van der Waals surface area contributed by atoms with Crippen molar-refractivity contribution in [1.82, 2.24) is 14.9 Å². The number of hydrogen-bond donors (Lipinski definition) is 2. The SMILES string of the molecule is COC(=O)c1cccnc1COc1ccc(Nc2c(C#N)cnc3cc(C)c(NC(=O)CCCN(C)C)cc23)c(Cl)c1. The van der Waals surface area contributed by atoms with Crippen molar-refractivity contribution in [2.75, 3.05) is 38.4 Å². The Kier molecular flexibility index (Phi) is 9.91. The van der Waals surface area contributed by atoms with E-state index >= 15 is 0 Å². The lowest BCUT2D eigenvalue weighted by Crippen LogP contribution is -2.17. The molecule has 1 amide bonds. The van der Waals surface area contributed by atoms with E-state index in [1.807, 2.05) is 38.1 Å². The highest BCUT2D eigenvalue weighted by Crippen LogP contribution is 2.36. The first-order valence-corrected chi connectivity index (χ1v) is 13.6. The molecule has 0 saturated carbocycles. The van der Waals surface area contributed by atoms with Gasteiger partial charge < -0.3 is 25.0 Å². The Labute approximate surface area is 249 Å². The number of pyridine rings is 2. The van der Waals surface area contributed by atoms with Crippen molar-refractivity contribution < 1.29 is 19.1 Å². The van der Waals surface area contributed by atoms with E-state index in [0.29, 0.717) is 62.0 Å². The quantitative estimate of drug-likeness (QED) is 0.208. The maximum absolute atomic E-state index is 12.6. The third-order valence-corrected chi connectivity index (χ3v) is 6.80. The molecule has 0 fully saturated rings. The molecule has 0 bridgehead atoms. The lowest BCUT2D eigenvalue weighted by Gasteiger charge is -2.16. The summed E-state index contributed by atoms with van der Waals surface area (Å²) < 4.78 is 10.7. The summed E-state index contributed by atoms with van der Waals surface area (Å²) in [6, 6.07) is 14.2. The first kappa shape index (κ1) is 30.2. The number of carbonyl (C=O) groups is 2. The van der Waals surface area contributed by atoms with Crippen LogP contribution in [0.15, 0.2) is 54.9 Å². The van der Waals surface area contributed by atoms with Crippen molar-refractivity contribution in [3.8, 4) is 11.8 Å². The summed E-state index contributed by atoms with van der Waals surface area (Å²) in [6.07, 6.45) is 4.21. The minimum absolute atomic E-state index is 0.0327. The van der Waals surface area contributed by atoms with Crippen LogP contribution in [-0.4, -0.2) is 54.5 Å². The number of benzene rings is 2. The molecule has 0 aliphatic heterocycles. The summed E-state index contributed by atoms with van der Waals surface area (Å²) >= 11 is 6.62. The molecule has 42 heavy (non-hydrogen) atoms. The van der Waals surface area contributed by atoms with Gasteiger partial charge in [0.05, 0.1) is 45.8 Å². The molecule has 0 unspecified atom stereocenters. The van der Waals surface area contributed by atoms with Crippen molar-refractivity contribution in [3.63, 3.8) is 0 Å². The van der Waals surface area contributed by atoms with Crippen molar-refractivity contribution >= 4 is 51.4 Å². The fourth-order valence-corrected chi connectivity index (χ4v) is 4.51. The van der Waals surface area contributed by atoms with Gasteiger partial charge in [0.15, 0.2) is 0 Å². The van der Waals surface area contributed by atoms with Crippen molar-refractivity contribution in [2.24, 2.45) is 0 Å². The number of nitrogens with zero attached hydrogens (tertiary/aromatic N) is 4. The Morgan fingerprint density at radius 3 is 2.64 bits per heavy atom. The minimum atomic E-state index is -0.501. The first-order valence-electron chi connectivity index (χ1n) is 13.2. The molecule has 216 valence electrons. The van der Waals surface area contributed by atoms with Gasteiger partial charge in [-0.3, -0.25) is 14.8 Å². The summed E-state index contributed by atoms with van der Waals surface area (Å²) in [7, 11) is 5.24. The summed E-state index contributed by atoms with van der Waals surface area (Å²) in [6.45, 7) is 2.75. The molecule has 2 heterocycles. The van der Waals surface area contributed by atoms with Crippen LogP contribution in [-0.2, 0) is 16.1 Å². The van der Waals surface area contributed by atoms with Crippen LogP contribution in [0.25, 0.3) is 10.9 Å². The maximum atomic E-state index is 12.6. The third kappa shape index (κ3) is 7.32.